The van der Waals surface area contributed by atoms with E-state index in [0.29, 0.717) is 30.0 Å². The smallest absolute Gasteiger partial charge is 0.262 e. The van der Waals surface area contributed by atoms with Gasteiger partial charge in [0, 0.05) is 12.1 Å². The van der Waals surface area contributed by atoms with Crippen molar-refractivity contribution in [1.82, 2.24) is 0 Å². The highest BCUT2D eigenvalue weighted by Crippen LogP contribution is 2.30. The van der Waals surface area contributed by atoms with Crippen LogP contribution in [-0.4, -0.2) is 18.4 Å². The van der Waals surface area contributed by atoms with E-state index in [9.17, 15) is 9.59 Å². The summed E-state index contributed by atoms with van der Waals surface area (Å²) in [4.78, 5) is 23.3. The van der Waals surface area contributed by atoms with Crippen molar-refractivity contribution in [2.45, 2.75) is 12.8 Å². The maximum Gasteiger partial charge on any atom is 0.262 e. The molecular weight excluding hydrogens is 280 g/mol. The van der Waals surface area contributed by atoms with Gasteiger partial charge in [0.2, 0.25) is 5.91 Å². The Morgan fingerprint density at radius 2 is 2.00 bits per heavy atom. The highest BCUT2D eigenvalue weighted by Gasteiger charge is 2.16. The van der Waals surface area contributed by atoms with Gasteiger partial charge < -0.3 is 15.4 Å². The second-order valence-corrected chi connectivity index (χ2v) is 5.08. The van der Waals surface area contributed by atoms with Gasteiger partial charge in [0.1, 0.15) is 5.75 Å². The molecule has 1 aliphatic rings. The van der Waals surface area contributed by atoms with Crippen molar-refractivity contribution in [3.05, 3.63) is 54.1 Å². The number of carbonyl (C=O) groups excluding carboxylic acids is 2. The molecule has 0 atom stereocenters. The van der Waals surface area contributed by atoms with Crippen molar-refractivity contribution in [1.29, 1.82) is 0 Å². The highest BCUT2D eigenvalue weighted by atomic mass is 16.5. The number of ether oxygens (including phenoxy) is 1. The van der Waals surface area contributed by atoms with E-state index >= 15 is 0 Å². The van der Waals surface area contributed by atoms with Crippen molar-refractivity contribution in [3.63, 3.8) is 0 Å². The standard InChI is InChI=1S/C17H16N2O3/c20-16(9-6-12-4-2-1-3-5-12)18-13-7-8-15-14(10-13)19-17(21)11-22-15/h1-5,7-8,10H,6,9,11H2,(H,18,20)(H,19,21). The molecule has 2 aromatic rings. The average molecular weight is 296 g/mol. The molecule has 0 bridgehead atoms. The van der Waals surface area contributed by atoms with Gasteiger partial charge in [0.15, 0.2) is 6.61 Å². The van der Waals surface area contributed by atoms with Crippen LogP contribution >= 0.6 is 0 Å². The molecular formula is C17H16N2O3. The van der Waals surface area contributed by atoms with Crippen LogP contribution < -0.4 is 15.4 Å². The van der Waals surface area contributed by atoms with Gasteiger partial charge in [0.25, 0.3) is 5.91 Å². The third-order valence-corrected chi connectivity index (χ3v) is 3.38. The van der Waals surface area contributed by atoms with Crippen LogP contribution in [-0.2, 0) is 16.0 Å². The summed E-state index contributed by atoms with van der Waals surface area (Å²) >= 11 is 0. The zero-order valence-corrected chi connectivity index (χ0v) is 12.0. The van der Waals surface area contributed by atoms with E-state index in [1.807, 2.05) is 30.3 Å². The fourth-order valence-electron chi connectivity index (χ4n) is 2.29. The molecule has 1 heterocycles. The fourth-order valence-corrected chi connectivity index (χ4v) is 2.29. The van der Waals surface area contributed by atoms with E-state index in [-0.39, 0.29) is 18.4 Å². The van der Waals surface area contributed by atoms with Crippen LogP contribution in [0.5, 0.6) is 5.75 Å². The van der Waals surface area contributed by atoms with Gasteiger partial charge in [-0.2, -0.15) is 0 Å². The Morgan fingerprint density at radius 1 is 1.18 bits per heavy atom. The first-order valence-corrected chi connectivity index (χ1v) is 7.11. The number of nitrogens with one attached hydrogen (secondary N) is 2. The lowest BCUT2D eigenvalue weighted by Gasteiger charge is -2.18. The molecule has 2 N–H and O–H groups in total. The van der Waals surface area contributed by atoms with Crippen molar-refractivity contribution < 1.29 is 14.3 Å². The predicted octanol–water partition coefficient (Wildman–Crippen LogP) is 2.59. The molecule has 0 aromatic heterocycles. The van der Waals surface area contributed by atoms with Crippen molar-refractivity contribution in [3.8, 4) is 5.75 Å². The van der Waals surface area contributed by atoms with Gasteiger partial charge >= 0.3 is 0 Å². The van der Waals surface area contributed by atoms with Gasteiger partial charge in [-0.1, -0.05) is 30.3 Å². The van der Waals surface area contributed by atoms with Crippen molar-refractivity contribution in [2.24, 2.45) is 0 Å². The van der Waals surface area contributed by atoms with E-state index in [1.54, 1.807) is 18.2 Å². The van der Waals surface area contributed by atoms with E-state index in [4.69, 9.17) is 4.74 Å². The first-order chi connectivity index (χ1) is 10.7. The number of hydrogen-bond donors (Lipinski definition) is 2. The Bertz CT molecular complexity index is 698. The molecule has 0 saturated carbocycles. The number of benzene rings is 2. The molecule has 0 fully saturated rings. The second-order valence-electron chi connectivity index (χ2n) is 5.08. The number of amides is 2. The fraction of sp³-hybridized carbons (Fsp3) is 0.176. The summed E-state index contributed by atoms with van der Waals surface area (Å²) in [6.07, 6.45) is 1.10. The summed E-state index contributed by atoms with van der Waals surface area (Å²) < 4.78 is 5.28. The molecule has 3 rings (SSSR count). The van der Waals surface area contributed by atoms with Crippen LogP contribution in [0.3, 0.4) is 0 Å². The van der Waals surface area contributed by atoms with Gasteiger partial charge in [-0.3, -0.25) is 9.59 Å². The summed E-state index contributed by atoms with van der Waals surface area (Å²) in [5, 5.41) is 5.55. The zero-order valence-electron chi connectivity index (χ0n) is 12.0. The number of fused-ring (bicyclic) bond motifs is 1. The molecule has 0 unspecified atom stereocenters. The monoisotopic (exact) mass is 296 g/mol. The molecule has 0 spiro atoms. The molecule has 0 radical (unpaired) electrons. The third kappa shape index (κ3) is 3.44. The zero-order chi connectivity index (χ0) is 15.4. The first kappa shape index (κ1) is 14.1. The van der Waals surface area contributed by atoms with Gasteiger partial charge in [0.05, 0.1) is 5.69 Å². The summed E-state index contributed by atoms with van der Waals surface area (Å²) in [6.45, 7) is 0.0236. The molecule has 22 heavy (non-hydrogen) atoms. The van der Waals surface area contributed by atoms with Crippen molar-refractivity contribution in [2.75, 3.05) is 17.2 Å². The molecule has 2 amide bonds. The van der Waals surface area contributed by atoms with Crippen LogP contribution in [0.4, 0.5) is 11.4 Å². The Hall–Kier alpha value is -2.82. The Morgan fingerprint density at radius 3 is 2.82 bits per heavy atom. The molecule has 2 aromatic carbocycles. The van der Waals surface area contributed by atoms with Gasteiger partial charge in [-0.15, -0.1) is 0 Å². The third-order valence-electron chi connectivity index (χ3n) is 3.38. The largest absolute Gasteiger partial charge is 0.482 e. The van der Waals surface area contributed by atoms with E-state index < -0.39 is 0 Å². The van der Waals surface area contributed by atoms with E-state index in [2.05, 4.69) is 10.6 Å². The highest BCUT2D eigenvalue weighted by molar-refractivity contribution is 5.97. The average Bonchev–Trinajstić information content (AvgIpc) is 2.53. The normalized spacial score (nSPS) is 12.8. The Kier molecular flexibility index (Phi) is 4.05. The number of rotatable bonds is 4. The Labute approximate surface area is 128 Å². The minimum atomic E-state index is -0.194. The molecule has 0 aliphatic carbocycles. The summed E-state index contributed by atoms with van der Waals surface area (Å²) in [5.41, 5.74) is 2.35. The number of hydrogen-bond acceptors (Lipinski definition) is 3. The number of anilines is 2. The Balaban J connectivity index is 1.60. The van der Waals surface area contributed by atoms with E-state index in [1.165, 1.54) is 0 Å². The van der Waals surface area contributed by atoms with Crippen LogP contribution in [0.25, 0.3) is 0 Å². The summed E-state index contributed by atoms with van der Waals surface area (Å²) in [5.74, 6) is 0.355. The van der Waals surface area contributed by atoms with Crippen LogP contribution in [0.1, 0.15) is 12.0 Å². The first-order valence-electron chi connectivity index (χ1n) is 7.11. The molecule has 112 valence electrons. The lowest BCUT2D eigenvalue weighted by Crippen LogP contribution is -2.25. The molecule has 5 nitrogen and oxygen atoms in total. The van der Waals surface area contributed by atoms with Crippen LogP contribution in [0.15, 0.2) is 48.5 Å². The van der Waals surface area contributed by atoms with Crippen LogP contribution in [0, 0.1) is 0 Å². The lowest BCUT2D eigenvalue weighted by molar-refractivity contribution is -0.118. The maximum atomic E-state index is 12.0. The van der Waals surface area contributed by atoms with Crippen LogP contribution in [0.2, 0.25) is 0 Å². The molecule has 1 aliphatic heterocycles. The minimum absolute atomic E-state index is 0.0236. The van der Waals surface area contributed by atoms with Gasteiger partial charge in [-0.25, -0.2) is 0 Å². The molecule has 0 saturated heterocycles. The van der Waals surface area contributed by atoms with Gasteiger partial charge in [-0.05, 0) is 30.2 Å². The SMILES string of the molecule is O=C(CCc1ccccc1)Nc1ccc2c(c1)NC(=O)CO2. The number of aryl methyl sites for hydroxylation is 1. The quantitative estimate of drug-likeness (QED) is 0.911. The van der Waals surface area contributed by atoms with E-state index in [0.717, 1.165) is 5.56 Å². The summed E-state index contributed by atoms with van der Waals surface area (Å²) in [6, 6.07) is 15.1. The number of carbonyl (C=O) groups is 2. The molecule has 5 heteroatoms. The van der Waals surface area contributed by atoms with Crippen molar-refractivity contribution >= 4 is 23.2 Å². The second kappa shape index (κ2) is 6.30. The topological polar surface area (TPSA) is 67.4 Å². The lowest BCUT2D eigenvalue weighted by atomic mass is 10.1. The minimum Gasteiger partial charge on any atom is -0.482 e. The predicted molar refractivity (Wildman–Crippen MR) is 84.0 cm³/mol. The maximum absolute atomic E-state index is 12.0. The summed E-state index contributed by atoms with van der Waals surface area (Å²) in [7, 11) is 0.